The Balaban J connectivity index is 2.36. The third-order valence-electron chi connectivity index (χ3n) is 2.95. The van der Waals surface area contributed by atoms with E-state index in [-0.39, 0.29) is 5.56 Å². The normalized spacial score (nSPS) is 15.1. The molecule has 1 aliphatic carbocycles. The van der Waals surface area contributed by atoms with Crippen molar-refractivity contribution in [1.29, 1.82) is 0 Å². The summed E-state index contributed by atoms with van der Waals surface area (Å²) in [6.07, 6.45) is 6.13. The van der Waals surface area contributed by atoms with Gasteiger partial charge in [-0.05, 0) is 50.0 Å². The summed E-state index contributed by atoms with van der Waals surface area (Å²) in [7, 11) is 0. The number of rotatable bonds is 3. The molecule has 3 nitrogen and oxygen atoms in total. The molecule has 0 saturated heterocycles. The van der Waals surface area contributed by atoms with Crippen LogP contribution in [-0.4, -0.2) is 11.1 Å². The minimum absolute atomic E-state index is 0.117. The smallest absolute Gasteiger partial charge is 0.339 e. The summed E-state index contributed by atoms with van der Waals surface area (Å²) >= 11 is 5.88. The van der Waals surface area contributed by atoms with E-state index in [1.807, 2.05) is 6.08 Å². The van der Waals surface area contributed by atoms with Crippen molar-refractivity contribution in [2.24, 2.45) is 0 Å². The van der Waals surface area contributed by atoms with Crippen molar-refractivity contribution in [3.8, 4) is 5.75 Å². The molecule has 0 aromatic heterocycles. The van der Waals surface area contributed by atoms with Crippen LogP contribution in [0.25, 0.3) is 0 Å². The van der Waals surface area contributed by atoms with Gasteiger partial charge in [0.15, 0.2) is 0 Å². The van der Waals surface area contributed by atoms with Crippen LogP contribution in [0.3, 0.4) is 0 Å². The number of benzene rings is 1. The lowest BCUT2D eigenvalue weighted by Crippen LogP contribution is -2.06. The number of ether oxygens (including phenoxy) is 1. The summed E-state index contributed by atoms with van der Waals surface area (Å²) in [4.78, 5) is 11.2. The molecular formula is C14H15ClO3. The van der Waals surface area contributed by atoms with Crippen molar-refractivity contribution < 1.29 is 14.6 Å². The number of halogens is 1. The number of allylic oxidation sites excluding steroid dienone is 2. The maximum Gasteiger partial charge on any atom is 0.339 e. The largest absolute Gasteiger partial charge is 0.478 e. The fourth-order valence-electron chi connectivity index (χ4n) is 2.06. The number of aryl methyl sites for hydroxylation is 1. The van der Waals surface area contributed by atoms with Gasteiger partial charge in [0.05, 0.1) is 0 Å². The molecule has 1 N–H and O–H groups in total. The topological polar surface area (TPSA) is 46.5 Å². The van der Waals surface area contributed by atoms with Crippen LogP contribution < -0.4 is 4.74 Å². The van der Waals surface area contributed by atoms with E-state index in [9.17, 15) is 9.90 Å². The van der Waals surface area contributed by atoms with Crippen LogP contribution in [0.1, 0.15) is 41.6 Å². The Labute approximate surface area is 111 Å². The van der Waals surface area contributed by atoms with Gasteiger partial charge in [-0.1, -0.05) is 11.6 Å². The first-order valence-corrected chi connectivity index (χ1v) is 6.36. The molecule has 1 aromatic carbocycles. The van der Waals surface area contributed by atoms with Gasteiger partial charge in [-0.3, -0.25) is 0 Å². The molecule has 96 valence electrons. The Bertz CT molecular complexity index is 506. The molecule has 0 fully saturated rings. The fraction of sp³-hybridized carbons (Fsp3) is 0.357. The molecule has 0 atom stereocenters. The lowest BCUT2D eigenvalue weighted by Gasteiger charge is -2.17. The molecule has 0 unspecified atom stereocenters. The molecule has 1 aliphatic rings. The zero-order chi connectivity index (χ0) is 13.1. The molecule has 4 heteroatoms. The summed E-state index contributed by atoms with van der Waals surface area (Å²) < 4.78 is 5.76. The van der Waals surface area contributed by atoms with Gasteiger partial charge in [-0.2, -0.15) is 0 Å². The number of hydrogen-bond acceptors (Lipinski definition) is 2. The van der Waals surface area contributed by atoms with Gasteiger partial charge < -0.3 is 9.84 Å². The second kappa shape index (κ2) is 5.44. The second-order valence-corrected chi connectivity index (χ2v) is 4.86. The number of aromatic carboxylic acids is 1. The van der Waals surface area contributed by atoms with E-state index in [0.29, 0.717) is 10.8 Å². The fourth-order valence-corrected chi connectivity index (χ4v) is 2.33. The van der Waals surface area contributed by atoms with Crippen LogP contribution in [0.2, 0.25) is 5.02 Å². The van der Waals surface area contributed by atoms with E-state index in [1.165, 1.54) is 6.07 Å². The summed E-state index contributed by atoms with van der Waals surface area (Å²) in [6, 6.07) is 3.14. The van der Waals surface area contributed by atoms with E-state index in [1.54, 1.807) is 13.0 Å². The third-order valence-corrected chi connectivity index (χ3v) is 3.17. The molecule has 0 radical (unpaired) electrons. The molecule has 0 saturated carbocycles. The van der Waals surface area contributed by atoms with Crippen LogP contribution in [0.15, 0.2) is 24.0 Å². The molecule has 0 heterocycles. The third kappa shape index (κ3) is 2.85. The Morgan fingerprint density at radius 3 is 2.78 bits per heavy atom. The van der Waals surface area contributed by atoms with Crippen LogP contribution in [-0.2, 0) is 0 Å². The summed E-state index contributed by atoms with van der Waals surface area (Å²) in [5, 5.41) is 9.60. The van der Waals surface area contributed by atoms with Crippen molar-refractivity contribution >= 4 is 17.6 Å². The molecule has 0 bridgehead atoms. The highest BCUT2D eigenvalue weighted by Crippen LogP contribution is 2.31. The molecule has 0 amide bonds. The van der Waals surface area contributed by atoms with E-state index < -0.39 is 5.97 Å². The van der Waals surface area contributed by atoms with E-state index in [4.69, 9.17) is 16.3 Å². The molecule has 0 aliphatic heterocycles. The SMILES string of the molecule is Cc1cc(Cl)cc(C(=O)O)c1OC1=CCCCC1. The molecular weight excluding hydrogens is 252 g/mol. The average Bonchev–Trinajstić information content (AvgIpc) is 2.33. The minimum Gasteiger partial charge on any atom is -0.478 e. The van der Waals surface area contributed by atoms with Crippen molar-refractivity contribution in [2.45, 2.75) is 32.6 Å². The van der Waals surface area contributed by atoms with Crippen LogP contribution >= 0.6 is 11.6 Å². The number of carbonyl (C=O) groups is 1. The van der Waals surface area contributed by atoms with Gasteiger partial charge in [-0.15, -0.1) is 0 Å². The minimum atomic E-state index is -1.02. The van der Waals surface area contributed by atoms with Gasteiger partial charge in [0.2, 0.25) is 0 Å². The van der Waals surface area contributed by atoms with E-state index >= 15 is 0 Å². The van der Waals surface area contributed by atoms with Gasteiger partial charge in [-0.25, -0.2) is 4.79 Å². The average molecular weight is 267 g/mol. The van der Waals surface area contributed by atoms with Crippen LogP contribution in [0.4, 0.5) is 0 Å². The monoisotopic (exact) mass is 266 g/mol. The number of carboxylic acids is 1. The summed E-state index contributed by atoms with van der Waals surface area (Å²) in [5.41, 5.74) is 0.859. The molecule has 18 heavy (non-hydrogen) atoms. The highest BCUT2D eigenvalue weighted by atomic mass is 35.5. The highest BCUT2D eigenvalue weighted by Gasteiger charge is 2.17. The maximum atomic E-state index is 11.2. The zero-order valence-corrected chi connectivity index (χ0v) is 11.0. The van der Waals surface area contributed by atoms with E-state index in [0.717, 1.165) is 37.0 Å². The predicted molar refractivity (Wildman–Crippen MR) is 70.3 cm³/mol. The quantitative estimate of drug-likeness (QED) is 0.893. The predicted octanol–water partition coefficient (Wildman–Crippen LogP) is 4.18. The van der Waals surface area contributed by atoms with E-state index in [2.05, 4.69) is 0 Å². The van der Waals surface area contributed by atoms with Gasteiger partial charge in [0.1, 0.15) is 17.1 Å². The van der Waals surface area contributed by atoms with Crippen molar-refractivity contribution in [3.05, 3.63) is 40.1 Å². The van der Waals surface area contributed by atoms with Gasteiger partial charge in [0.25, 0.3) is 0 Å². The lowest BCUT2D eigenvalue weighted by atomic mass is 10.1. The van der Waals surface area contributed by atoms with Crippen molar-refractivity contribution in [3.63, 3.8) is 0 Å². The summed E-state index contributed by atoms with van der Waals surface area (Å²) in [5.74, 6) is 0.237. The standard InChI is InChI=1S/C14H15ClO3/c1-9-7-10(15)8-12(14(16)17)13(9)18-11-5-3-2-4-6-11/h5,7-8H,2-4,6H2,1H3,(H,16,17). The highest BCUT2D eigenvalue weighted by molar-refractivity contribution is 6.31. The Kier molecular flexibility index (Phi) is 3.92. The number of hydrogen-bond donors (Lipinski definition) is 1. The Morgan fingerprint density at radius 2 is 2.17 bits per heavy atom. The Hall–Kier alpha value is -1.48. The molecule has 1 aromatic rings. The molecule has 2 rings (SSSR count). The first kappa shape index (κ1) is 13.0. The van der Waals surface area contributed by atoms with Crippen LogP contribution in [0, 0.1) is 6.92 Å². The lowest BCUT2D eigenvalue weighted by molar-refractivity contribution is 0.0693. The van der Waals surface area contributed by atoms with Crippen molar-refractivity contribution in [2.75, 3.05) is 0 Å². The first-order valence-electron chi connectivity index (χ1n) is 5.98. The zero-order valence-electron chi connectivity index (χ0n) is 10.2. The Morgan fingerprint density at radius 1 is 1.39 bits per heavy atom. The maximum absolute atomic E-state index is 11.2. The van der Waals surface area contributed by atoms with Crippen molar-refractivity contribution in [1.82, 2.24) is 0 Å². The van der Waals surface area contributed by atoms with Crippen LogP contribution in [0.5, 0.6) is 5.75 Å². The summed E-state index contributed by atoms with van der Waals surface area (Å²) in [6.45, 7) is 1.80. The number of carboxylic acid groups (broad SMARTS) is 1. The second-order valence-electron chi connectivity index (χ2n) is 4.42. The van der Waals surface area contributed by atoms with Gasteiger partial charge in [0, 0.05) is 11.4 Å². The molecule has 0 spiro atoms. The van der Waals surface area contributed by atoms with Gasteiger partial charge >= 0.3 is 5.97 Å². The first-order chi connectivity index (χ1) is 8.58.